The molecule has 1 amide bonds. The summed E-state index contributed by atoms with van der Waals surface area (Å²) < 4.78 is 5.75. The van der Waals surface area contributed by atoms with Crippen molar-refractivity contribution in [3.8, 4) is 17.2 Å². The minimum Gasteiger partial charge on any atom is -0.504 e. The summed E-state index contributed by atoms with van der Waals surface area (Å²) in [7, 11) is 1.69. The number of pyridine rings is 2. The smallest absolute Gasteiger partial charge is 0.262 e. The molecular weight excluding hydrogens is 392 g/mol. The van der Waals surface area contributed by atoms with Gasteiger partial charge in [-0.2, -0.15) is 0 Å². The molecule has 4 rings (SSSR count). The molecular formula is C21H19ClN4O3. The number of hydrogen-bond donors (Lipinski definition) is 1. The second kappa shape index (κ2) is 7.25. The van der Waals surface area contributed by atoms with Crippen LogP contribution in [0.15, 0.2) is 42.6 Å². The Kier molecular flexibility index (Phi) is 4.76. The van der Waals surface area contributed by atoms with E-state index in [4.69, 9.17) is 16.3 Å². The molecule has 0 fully saturated rings. The summed E-state index contributed by atoms with van der Waals surface area (Å²) in [6.45, 7) is 4.34. The molecule has 3 aromatic rings. The minimum atomic E-state index is -0.240. The number of para-hydroxylation sites is 2. The number of hydrogen-bond acceptors (Lipinski definition) is 6. The number of phenols is 1. The van der Waals surface area contributed by atoms with Crippen LogP contribution in [-0.4, -0.2) is 34.6 Å². The first-order chi connectivity index (χ1) is 13.9. The molecule has 0 spiro atoms. The van der Waals surface area contributed by atoms with E-state index in [0.717, 1.165) is 5.56 Å². The average molecular weight is 411 g/mol. The fraction of sp³-hybridized carbons (Fsp3) is 0.190. The monoisotopic (exact) mass is 410 g/mol. The quantitative estimate of drug-likeness (QED) is 0.631. The van der Waals surface area contributed by atoms with Crippen LogP contribution < -0.4 is 14.5 Å². The second-order valence-corrected chi connectivity index (χ2v) is 7.02. The van der Waals surface area contributed by atoms with E-state index >= 15 is 0 Å². The third kappa shape index (κ3) is 3.23. The van der Waals surface area contributed by atoms with Crippen LogP contribution in [0.4, 0.5) is 17.3 Å². The van der Waals surface area contributed by atoms with Crippen LogP contribution in [0.2, 0.25) is 5.15 Å². The number of rotatable bonds is 3. The van der Waals surface area contributed by atoms with Crippen LogP contribution in [0.5, 0.6) is 17.2 Å². The first kappa shape index (κ1) is 19.0. The van der Waals surface area contributed by atoms with Crippen LogP contribution >= 0.6 is 11.6 Å². The van der Waals surface area contributed by atoms with E-state index in [1.165, 1.54) is 17.2 Å². The van der Waals surface area contributed by atoms with Gasteiger partial charge in [-0.05, 0) is 43.7 Å². The Bertz CT molecular complexity index is 1120. The Hall–Kier alpha value is -3.32. The number of carbonyl (C=O) groups is 1. The molecule has 3 heterocycles. The maximum atomic E-state index is 13.2. The van der Waals surface area contributed by atoms with Gasteiger partial charge in [0.15, 0.2) is 17.3 Å². The molecule has 0 unspecified atom stereocenters. The molecule has 0 saturated heterocycles. The lowest BCUT2D eigenvalue weighted by atomic mass is 10.2. The Morgan fingerprint density at radius 3 is 2.69 bits per heavy atom. The molecule has 0 aliphatic carbocycles. The van der Waals surface area contributed by atoms with Crippen molar-refractivity contribution in [1.82, 2.24) is 9.97 Å². The van der Waals surface area contributed by atoms with Crippen molar-refractivity contribution < 1.29 is 14.6 Å². The van der Waals surface area contributed by atoms with Crippen molar-refractivity contribution in [2.75, 3.05) is 23.4 Å². The SMILES string of the molecule is CCN1c2ncc(Oc3ccccc3O)cc2C(=O)N(C)c2cc(C)c(Cl)nc21. The van der Waals surface area contributed by atoms with Crippen molar-refractivity contribution in [1.29, 1.82) is 0 Å². The number of phenolic OH excluding ortho intramolecular Hbond substituents is 1. The molecule has 1 aromatic carbocycles. The number of aromatic hydroxyl groups is 1. The number of nitrogens with zero attached hydrogens (tertiary/aromatic N) is 4. The van der Waals surface area contributed by atoms with Gasteiger partial charge in [0, 0.05) is 13.6 Å². The number of benzene rings is 1. The lowest BCUT2D eigenvalue weighted by molar-refractivity contribution is 0.0993. The van der Waals surface area contributed by atoms with Gasteiger partial charge >= 0.3 is 0 Å². The number of aromatic nitrogens is 2. The first-order valence-electron chi connectivity index (χ1n) is 9.09. The average Bonchev–Trinajstić information content (AvgIpc) is 2.79. The van der Waals surface area contributed by atoms with Crippen molar-refractivity contribution in [2.45, 2.75) is 13.8 Å². The fourth-order valence-corrected chi connectivity index (χ4v) is 3.37. The molecule has 0 saturated carbocycles. The maximum absolute atomic E-state index is 13.2. The van der Waals surface area contributed by atoms with E-state index in [2.05, 4.69) is 9.97 Å². The Labute approximate surface area is 173 Å². The standard InChI is InChI=1S/C21H19ClN4O3/c1-4-26-19-14(10-13(11-23-19)29-17-8-6-5-7-16(17)27)21(28)25(3)15-9-12(2)18(22)24-20(15)26/h5-11,27H,4H2,1-3H3. The van der Waals surface area contributed by atoms with Gasteiger partial charge in [-0.3, -0.25) is 4.79 Å². The summed E-state index contributed by atoms with van der Waals surface area (Å²) in [4.78, 5) is 25.6. The van der Waals surface area contributed by atoms with Crippen molar-refractivity contribution >= 4 is 34.8 Å². The van der Waals surface area contributed by atoms with Gasteiger partial charge in [0.05, 0.1) is 17.4 Å². The largest absolute Gasteiger partial charge is 0.504 e. The Morgan fingerprint density at radius 1 is 1.21 bits per heavy atom. The lowest BCUT2D eigenvalue weighted by Gasteiger charge is -2.23. The normalized spacial score (nSPS) is 13.0. The van der Waals surface area contributed by atoms with Gasteiger partial charge in [-0.25, -0.2) is 9.97 Å². The van der Waals surface area contributed by atoms with Crippen molar-refractivity contribution in [3.05, 3.63) is 58.9 Å². The van der Waals surface area contributed by atoms with E-state index in [1.807, 2.05) is 24.8 Å². The number of fused-ring (bicyclic) bond motifs is 2. The van der Waals surface area contributed by atoms with Crippen molar-refractivity contribution in [2.24, 2.45) is 0 Å². The molecule has 0 atom stereocenters. The van der Waals surface area contributed by atoms with E-state index in [-0.39, 0.29) is 17.4 Å². The predicted molar refractivity (Wildman–Crippen MR) is 112 cm³/mol. The highest BCUT2D eigenvalue weighted by molar-refractivity contribution is 6.30. The number of amides is 1. The molecule has 1 aliphatic rings. The summed E-state index contributed by atoms with van der Waals surface area (Å²) in [6, 6.07) is 10.1. The summed E-state index contributed by atoms with van der Waals surface area (Å²) >= 11 is 6.26. The third-order valence-corrected chi connectivity index (χ3v) is 5.15. The van der Waals surface area contributed by atoms with E-state index in [9.17, 15) is 9.90 Å². The first-order valence-corrected chi connectivity index (χ1v) is 9.47. The molecule has 2 aromatic heterocycles. The number of carbonyl (C=O) groups excluding carboxylic acids is 1. The third-order valence-electron chi connectivity index (χ3n) is 4.77. The zero-order chi connectivity index (χ0) is 20.7. The number of anilines is 3. The Morgan fingerprint density at radius 2 is 1.97 bits per heavy atom. The molecule has 29 heavy (non-hydrogen) atoms. The molecule has 0 bridgehead atoms. The van der Waals surface area contributed by atoms with Gasteiger partial charge in [0.2, 0.25) is 0 Å². The summed E-state index contributed by atoms with van der Waals surface area (Å²) in [5.41, 5.74) is 1.80. The van der Waals surface area contributed by atoms with Gasteiger partial charge < -0.3 is 19.6 Å². The van der Waals surface area contributed by atoms with Gasteiger partial charge in [-0.1, -0.05) is 23.7 Å². The molecule has 1 aliphatic heterocycles. The summed E-state index contributed by atoms with van der Waals surface area (Å²) in [5.74, 6) is 1.43. The van der Waals surface area contributed by atoms with Gasteiger partial charge in [-0.15, -0.1) is 0 Å². The van der Waals surface area contributed by atoms with Crippen LogP contribution in [-0.2, 0) is 0 Å². The second-order valence-electron chi connectivity index (χ2n) is 6.66. The maximum Gasteiger partial charge on any atom is 0.262 e. The van der Waals surface area contributed by atoms with Crippen LogP contribution in [0, 0.1) is 6.92 Å². The van der Waals surface area contributed by atoms with Gasteiger partial charge in [0.1, 0.15) is 16.7 Å². The van der Waals surface area contributed by atoms with E-state index in [1.54, 1.807) is 31.3 Å². The highest BCUT2D eigenvalue weighted by Crippen LogP contribution is 2.41. The van der Waals surface area contributed by atoms with Crippen LogP contribution in [0.25, 0.3) is 0 Å². The lowest BCUT2D eigenvalue weighted by Crippen LogP contribution is -2.25. The zero-order valence-corrected chi connectivity index (χ0v) is 16.9. The summed E-state index contributed by atoms with van der Waals surface area (Å²) in [5, 5.41) is 10.3. The van der Waals surface area contributed by atoms with Gasteiger partial charge in [0.25, 0.3) is 5.91 Å². The number of ether oxygens (including phenoxy) is 1. The molecule has 148 valence electrons. The van der Waals surface area contributed by atoms with E-state index < -0.39 is 0 Å². The molecule has 0 radical (unpaired) electrons. The van der Waals surface area contributed by atoms with Crippen molar-refractivity contribution in [3.63, 3.8) is 0 Å². The zero-order valence-electron chi connectivity index (χ0n) is 16.2. The molecule has 7 nitrogen and oxygen atoms in total. The van der Waals surface area contributed by atoms with Crippen LogP contribution in [0.1, 0.15) is 22.8 Å². The Balaban J connectivity index is 1.84. The fourth-order valence-electron chi connectivity index (χ4n) is 3.24. The highest BCUT2D eigenvalue weighted by Gasteiger charge is 2.31. The summed E-state index contributed by atoms with van der Waals surface area (Å²) in [6.07, 6.45) is 1.52. The molecule has 1 N–H and O–H groups in total. The topological polar surface area (TPSA) is 78.8 Å². The highest BCUT2D eigenvalue weighted by atomic mass is 35.5. The number of aryl methyl sites for hydroxylation is 1. The molecule has 8 heteroatoms. The number of halogens is 1. The van der Waals surface area contributed by atoms with E-state index in [0.29, 0.717) is 40.3 Å². The van der Waals surface area contributed by atoms with Crippen LogP contribution in [0.3, 0.4) is 0 Å². The predicted octanol–water partition coefficient (Wildman–Crippen LogP) is 4.68. The minimum absolute atomic E-state index is 0.00259.